The quantitative estimate of drug-likeness (QED) is 0.326. The molecule has 0 unspecified atom stereocenters. The van der Waals surface area contributed by atoms with E-state index in [2.05, 4.69) is 16.6 Å². The molecule has 0 amide bonds. The molecule has 0 fully saturated rings. The Morgan fingerprint density at radius 3 is 2.69 bits per heavy atom. The van der Waals surface area contributed by atoms with Crippen molar-refractivity contribution in [2.75, 3.05) is 6.61 Å². The highest BCUT2D eigenvalue weighted by molar-refractivity contribution is 5.85. The normalized spacial score (nSPS) is 8.50. The molecule has 80 valence electrons. The van der Waals surface area contributed by atoms with E-state index in [1.165, 1.54) is 11.6 Å². The van der Waals surface area contributed by atoms with E-state index in [-0.39, 0.29) is 6.61 Å². The molecule has 0 heterocycles. The number of carbonyl (C=O) groups is 1. The van der Waals surface area contributed by atoms with E-state index in [4.69, 9.17) is 5.26 Å². The predicted molar refractivity (Wildman–Crippen MR) is 59.2 cm³/mol. The van der Waals surface area contributed by atoms with Gasteiger partial charge in [0.05, 0.1) is 0 Å². The first-order valence-electron chi connectivity index (χ1n) is 4.85. The summed E-state index contributed by atoms with van der Waals surface area (Å²) in [4.78, 5) is 10.5. The van der Waals surface area contributed by atoms with Gasteiger partial charge in [0, 0.05) is 12.0 Å². The Kier molecular flexibility index (Phi) is 4.63. The number of nitriles is 1. The summed E-state index contributed by atoms with van der Waals surface area (Å²) < 4.78 is 4.55. The molecule has 0 aliphatic rings. The first-order chi connectivity index (χ1) is 7.72. The highest BCUT2D eigenvalue weighted by Gasteiger charge is 1.95. The maximum absolute atomic E-state index is 10.5. The third kappa shape index (κ3) is 4.30. The van der Waals surface area contributed by atoms with Gasteiger partial charge in [-0.15, -0.1) is 0 Å². The minimum Gasteiger partial charge on any atom is -0.454 e. The van der Waals surface area contributed by atoms with Crippen molar-refractivity contribution in [3.63, 3.8) is 0 Å². The van der Waals surface area contributed by atoms with Gasteiger partial charge in [-0.3, -0.25) is 0 Å². The van der Waals surface area contributed by atoms with Crippen molar-refractivity contribution in [2.45, 2.75) is 13.3 Å². The van der Waals surface area contributed by atoms with Crippen LogP contribution in [-0.2, 0) is 9.53 Å². The van der Waals surface area contributed by atoms with Crippen LogP contribution in [0.5, 0.6) is 0 Å². The monoisotopic (exact) mass is 213 g/mol. The molecule has 0 aliphatic heterocycles. The number of nitrogens with zero attached hydrogens (tertiary/aromatic N) is 1. The average Bonchev–Trinajstić information content (AvgIpc) is 2.31. The maximum Gasteiger partial charge on any atom is 0.411 e. The van der Waals surface area contributed by atoms with E-state index in [1.54, 1.807) is 0 Å². The molecule has 16 heavy (non-hydrogen) atoms. The van der Waals surface area contributed by atoms with Gasteiger partial charge in [-0.25, -0.2) is 4.79 Å². The molecule has 3 heteroatoms. The summed E-state index contributed by atoms with van der Waals surface area (Å²) >= 11 is 0. The fraction of sp³-hybridized carbons (Fsp3) is 0.231. The van der Waals surface area contributed by atoms with Crippen LogP contribution in [0.4, 0.5) is 0 Å². The highest BCUT2D eigenvalue weighted by atomic mass is 16.5. The van der Waals surface area contributed by atoms with Gasteiger partial charge >= 0.3 is 5.97 Å². The average molecular weight is 213 g/mol. The van der Waals surface area contributed by atoms with Crippen molar-refractivity contribution in [2.24, 2.45) is 0 Å². The van der Waals surface area contributed by atoms with E-state index < -0.39 is 5.97 Å². The minimum absolute atomic E-state index is 0.158. The highest BCUT2D eigenvalue weighted by Crippen LogP contribution is 2.00. The number of carbonyl (C=O) groups excluding carboxylic acids is 1. The van der Waals surface area contributed by atoms with Crippen molar-refractivity contribution in [1.82, 2.24) is 0 Å². The van der Waals surface area contributed by atoms with E-state index in [9.17, 15) is 4.79 Å². The van der Waals surface area contributed by atoms with Crippen LogP contribution in [0.2, 0.25) is 0 Å². The van der Waals surface area contributed by atoms with Gasteiger partial charge in [-0.1, -0.05) is 29.5 Å². The topological polar surface area (TPSA) is 50.1 Å². The van der Waals surface area contributed by atoms with Gasteiger partial charge in [0.25, 0.3) is 0 Å². The number of hydrogen-bond acceptors (Lipinski definition) is 3. The van der Waals surface area contributed by atoms with Crippen molar-refractivity contribution in [3.8, 4) is 17.9 Å². The second-order valence-electron chi connectivity index (χ2n) is 3.17. The molecule has 0 N–H and O–H groups in total. The van der Waals surface area contributed by atoms with Crippen LogP contribution in [0.15, 0.2) is 24.3 Å². The van der Waals surface area contributed by atoms with E-state index >= 15 is 0 Å². The van der Waals surface area contributed by atoms with Crippen LogP contribution in [0, 0.1) is 30.1 Å². The predicted octanol–water partition coefficient (Wildman–Crippen LogP) is 1.80. The smallest absolute Gasteiger partial charge is 0.411 e. The molecule has 1 aromatic rings. The summed E-state index contributed by atoms with van der Waals surface area (Å²) in [5.74, 6) is 4.94. The molecule has 0 aliphatic carbocycles. The minimum atomic E-state index is -0.864. The summed E-state index contributed by atoms with van der Waals surface area (Å²) in [6, 6.07) is 9.21. The summed E-state index contributed by atoms with van der Waals surface area (Å²) in [6.45, 7) is 2.17. The Bertz CT molecular complexity index is 457. The molecule has 0 spiro atoms. The Labute approximate surface area is 94.7 Å². The van der Waals surface area contributed by atoms with Crippen LogP contribution in [0.1, 0.15) is 17.5 Å². The molecule has 1 rings (SSSR count). The third-order valence-corrected chi connectivity index (χ3v) is 1.84. The molecular formula is C13H11NO2. The third-order valence-electron chi connectivity index (χ3n) is 1.84. The molecule has 0 saturated heterocycles. The molecule has 0 atom stereocenters. The van der Waals surface area contributed by atoms with E-state index in [0.717, 1.165) is 5.56 Å². The van der Waals surface area contributed by atoms with Crippen LogP contribution >= 0.6 is 0 Å². The first kappa shape index (κ1) is 11.8. The van der Waals surface area contributed by atoms with Crippen molar-refractivity contribution < 1.29 is 9.53 Å². The first-order valence-corrected chi connectivity index (χ1v) is 4.85. The lowest BCUT2D eigenvalue weighted by Gasteiger charge is -1.93. The zero-order valence-electron chi connectivity index (χ0n) is 8.99. The van der Waals surface area contributed by atoms with Gasteiger partial charge in [-0.2, -0.15) is 5.26 Å². The van der Waals surface area contributed by atoms with Crippen LogP contribution < -0.4 is 0 Å². The molecule has 0 aromatic heterocycles. The van der Waals surface area contributed by atoms with Gasteiger partial charge < -0.3 is 4.74 Å². The number of hydrogen-bond donors (Lipinski definition) is 0. The Balaban J connectivity index is 2.36. The summed E-state index contributed by atoms with van der Waals surface area (Å²) in [5, 5.41) is 8.13. The number of ether oxygens (including phenoxy) is 1. The molecular weight excluding hydrogens is 202 g/mol. The lowest BCUT2D eigenvalue weighted by atomic mass is 10.1. The summed E-state index contributed by atoms with van der Waals surface area (Å²) in [5.41, 5.74) is 2.12. The standard InChI is InChI=1S/C13H11NO2/c1-11-5-7-12(8-6-11)4-2-3-9-16-13(15)10-14/h5-8H,3,9H2,1H3. The maximum atomic E-state index is 10.5. The zero-order valence-corrected chi connectivity index (χ0v) is 8.99. The zero-order chi connectivity index (χ0) is 11.8. The number of aryl methyl sites for hydroxylation is 1. The Hall–Kier alpha value is -2.26. The van der Waals surface area contributed by atoms with E-state index in [1.807, 2.05) is 31.2 Å². The largest absolute Gasteiger partial charge is 0.454 e. The number of benzene rings is 1. The summed E-state index contributed by atoms with van der Waals surface area (Å²) in [7, 11) is 0. The fourth-order valence-electron chi connectivity index (χ4n) is 1.03. The molecule has 0 saturated carbocycles. The number of esters is 1. The second kappa shape index (κ2) is 6.27. The lowest BCUT2D eigenvalue weighted by Crippen LogP contribution is -2.01. The van der Waals surface area contributed by atoms with E-state index in [0.29, 0.717) is 6.42 Å². The molecule has 0 radical (unpaired) electrons. The van der Waals surface area contributed by atoms with Gasteiger partial charge in [-0.05, 0) is 19.1 Å². The Morgan fingerprint density at radius 2 is 2.06 bits per heavy atom. The summed E-state index contributed by atoms with van der Waals surface area (Å²) in [6.07, 6.45) is 0.432. The van der Waals surface area contributed by atoms with Gasteiger partial charge in [0.1, 0.15) is 6.61 Å². The van der Waals surface area contributed by atoms with Crippen molar-refractivity contribution >= 4 is 5.97 Å². The fourth-order valence-corrected chi connectivity index (χ4v) is 1.03. The van der Waals surface area contributed by atoms with Crippen molar-refractivity contribution in [3.05, 3.63) is 35.4 Å². The lowest BCUT2D eigenvalue weighted by molar-refractivity contribution is -0.136. The molecule has 1 aromatic carbocycles. The van der Waals surface area contributed by atoms with Gasteiger partial charge in [0.15, 0.2) is 6.07 Å². The second-order valence-corrected chi connectivity index (χ2v) is 3.17. The van der Waals surface area contributed by atoms with Crippen molar-refractivity contribution in [1.29, 1.82) is 5.26 Å². The van der Waals surface area contributed by atoms with Crippen LogP contribution in [0.3, 0.4) is 0 Å². The molecule has 3 nitrogen and oxygen atoms in total. The van der Waals surface area contributed by atoms with Crippen LogP contribution in [-0.4, -0.2) is 12.6 Å². The van der Waals surface area contributed by atoms with Crippen LogP contribution in [0.25, 0.3) is 0 Å². The van der Waals surface area contributed by atoms with Gasteiger partial charge in [0.2, 0.25) is 0 Å². The Morgan fingerprint density at radius 1 is 1.38 bits per heavy atom. The molecule has 0 bridgehead atoms. The number of rotatable bonds is 2. The SMILES string of the molecule is Cc1ccc(C#CCCOC(=O)C#N)cc1.